The molecule has 0 radical (unpaired) electrons. The Hall–Kier alpha value is -0.860. The summed E-state index contributed by atoms with van der Waals surface area (Å²) in [5.41, 5.74) is 1.29. The lowest BCUT2D eigenvalue weighted by molar-refractivity contribution is -0.665. The predicted molar refractivity (Wildman–Crippen MR) is 67.2 cm³/mol. The Labute approximate surface area is 98.6 Å². The quantitative estimate of drug-likeness (QED) is 0.701. The average Bonchev–Trinajstić information content (AvgIpc) is 2.53. The fraction of sp³-hybridized carbons (Fsp3) is 0.250. The van der Waals surface area contributed by atoms with Gasteiger partial charge in [0.05, 0.1) is 0 Å². The first-order chi connectivity index (χ1) is 7.22. The second-order valence-electron chi connectivity index (χ2n) is 3.38. The van der Waals surface area contributed by atoms with Crippen LogP contribution in [0.1, 0.15) is 18.9 Å². The van der Waals surface area contributed by atoms with Crippen LogP contribution in [0.5, 0.6) is 0 Å². The molecular formula is C12H13ClNS+. The first kappa shape index (κ1) is 10.7. The largest absolute Gasteiger partial charge is 0.263 e. The van der Waals surface area contributed by atoms with Crippen molar-refractivity contribution < 1.29 is 4.57 Å². The zero-order valence-electron chi connectivity index (χ0n) is 8.83. The number of para-hydroxylation sites is 1. The fourth-order valence-electron chi connectivity index (χ4n) is 1.66. The monoisotopic (exact) mass is 238 g/mol. The van der Waals surface area contributed by atoms with Gasteiger partial charge in [0.1, 0.15) is 11.2 Å². The summed E-state index contributed by atoms with van der Waals surface area (Å²) in [4.78, 5) is 0. The Morgan fingerprint density at radius 3 is 2.87 bits per heavy atom. The van der Waals surface area contributed by atoms with Gasteiger partial charge in [-0.25, -0.2) is 0 Å². The fourth-order valence-corrected chi connectivity index (χ4v) is 3.05. The number of rotatable bonds is 2. The highest BCUT2D eigenvalue weighted by Gasteiger charge is 2.16. The van der Waals surface area contributed by atoms with E-state index in [1.165, 1.54) is 15.2 Å². The molecular weight excluding hydrogens is 226 g/mol. The Morgan fingerprint density at radius 2 is 2.20 bits per heavy atom. The van der Waals surface area contributed by atoms with E-state index in [1.807, 2.05) is 13.0 Å². The molecule has 0 atom stereocenters. The molecule has 0 aliphatic heterocycles. The topological polar surface area (TPSA) is 3.88 Å². The van der Waals surface area contributed by atoms with E-state index in [0.29, 0.717) is 0 Å². The van der Waals surface area contributed by atoms with Gasteiger partial charge in [-0.3, -0.25) is 0 Å². The molecule has 2 aromatic rings. The summed E-state index contributed by atoms with van der Waals surface area (Å²) in [5.74, 6) is 0. The van der Waals surface area contributed by atoms with Gasteiger partial charge in [0, 0.05) is 17.2 Å². The van der Waals surface area contributed by atoms with Crippen molar-refractivity contribution in [2.75, 3.05) is 0 Å². The summed E-state index contributed by atoms with van der Waals surface area (Å²) >= 11 is 7.70. The molecule has 0 spiro atoms. The second-order valence-corrected chi connectivity index (χ2v) is 5.04. The van der Waals surface area contributed by atoms with E-state index in [1.54, 1.807) is 11.3 Å². The molecule has 1 nitrogen and oxygen atoms in total. The zero-order chi connectivity index (χ0) is 10.8. The van der Waals surface area contributed by atoms with E-state index >= 15 is 0 Å². The Kier molecular flexibility index (Phi) is 3.08. The zero-order valence-corrected chi connectivity index (χ0v) is 10.4. The standard InChI is InChI=1S/C12H13ClNS/c1-3-14-10-6-4-5-7-11(10)15-12(14)8-9(2)13/h4-8H,3H2,1-2H3/q+1/b9-8+. The van der Waals surface area contributed by atoms with Crippen LogP contribution in [0.15, 0.2) is 29.3 Å². The first-order valence-electron chi connectivity index (χ1n) is 4.97. The number of nitrogens with zero attached hydrogens (tertiary/aromatic N) is 1. The number of hydrogen-bond donors (Lipinski definition) is 0. The smallest absolute Gasteiger partial charge is 0.182 e. The Balaban J connectivity index is 2.69. The molecule has 0 amide bonds. The second kappa shape index (κ2) is 4.33. The summed E-state index contributed by atoms with van der Waals surface area (Å²) < 4.78 is 3.59. The van der Waals surface area contributed by atoms with Crippen LogP contribution in [0, 0.1) is 0 Å². The van der Waals surface area contributed by atoms with Gasteiger partial charge in [-0.1, -0.05) is 35.1 Å². The van der Waals surface area contributed by atoms with E-state index in [2.05, 4.69) is 35.8 Å². The maximum atomic E-state index is 5.92. The molecule has 0 aliphatic rings. The molecule has 3 heteroatoms. The van der Waals surface area contributed by atoms with E-state index in [0.717, 1.165) is 11.6 Å². The van der Waals surface area contributed by atoms with Crippen LogP contribution in [0.2, 0.25) is 0 Å². The average molecular weight is 239 g/mol. The minimum absolute atomic E-state index is 0.823. The van der Waals surface area contributed by atoms with Gasteiger partial charge < -0.3 is 0 Å². The number of halogens is 1. The SMILES string of the molecule is CC[n+]1c(/C=C(\C)Cl)sc2ccccc21. The number of fused-ring (bicyclic) bond motifs is 1. The van der Waals surface area contributed by atoms with Crippen molar-refractivity contribution in [1.82, 2.24) is 0 Å². The first-order valence-corrected chi connectivity index (χ1v) is 6.17. The summed E-state index contributed by atoms with van der Waals surface area (Å²) in [6, 6.07) is 8.44. The van der Waals surface area contributed by atoms with Crippen molar-refractivity contribution in [1.29, 1.82) is 0 Å². The summed E-state index contributed by atoms with van der Waals surface area (Å²) in [6.07, 6.45) is 2.02. The Bertz CT molecular complexity index is 509. The predicted octanol–water partition coefficient (Wildman–Crippen LogP) is 3.81. The van der Waals surface area contributed by atoms with Crippen LogP contribution in [-0.4, -0.2) is 0 Å². The van der Waals surface area contributed by atoms with Crippen molar-refractivity contribution >= 4 is 39.2 Å². The molecule has 0 unspecified atom stereocenters. The third-order valence-corrected chi connectivity index (χ3v) is 3.50. The molecule has 1 heterocycles. The van der Waals surface area contributed by atoms with Crippen molar-refractivity contribution in [2.24, 2.45) is 0 Å². The molecule has 0 bridgehead atoms. The van der Waals surface area contributed by atoms with E-state index < -0.39 is 0 Å². The molecule has 78 valence electrons. The minimum atomic E-state index is 0.823. The van der Waals surface area contributed by atoms with Crippen LogP contribution in [0.25, 0.3) is 16.3 Å². The highest BCUT2D eigenvalue weighted by Crippen LogP contribution is 2.22. The summed E-state index contributed by atoms with van der Waals surface area (Å²) in [6.45, 7) is 5.03. The minimum Gasteiger partial charge on any atom is -0.182 e. The van der Waals surface area contributed by atoms with Crippen LogP contribution >= 0.6 is 22.9 Å². The molecule has 1 aromatic heterocycles. The van der Waals surface area contributed by atoms with E-state index in [-0.39, 0.29) is 0 Å². The van der Waals surface area contributed by atoms with Gasteiger partial charge in [-0.15, -0.1) is 0 Å². The number of aromatic nitrogens is 1. The van der Waals surface area contributed by atoms with Gasteiger partial charge >= 0.3 is 0 Å². The normalized spacial score (nSPS) is 12.3. The maximum Gasteiger partial charge on any atom is 0.263 e. The van der Waals surface area contributed by atoms with Crippen molar-refractivity contribution in [2.45, 2.75) is 20.4 Å². The molecule has 0 aliphatic carbocycles. The summed E-state index contributed by atoms with van der Waals surface area (Å²) in [5, 5.41) is 2.04. The van der Waals surface area contributed by atoms with Crippen LogP contribution in [0.4, 0.5) is 0 Å². The maximum absolute atomic E-state index is 5.92. The number of benzene rings is 1. The van der Waals surface area contributed by atoms with Gasteiger partial charge in [0.2, 0.25) is 5.52 Å². The van der Waals surface area contributed by atoms with E-state index in [4.69, 9.17) is 11.6 Å². The number of aryl methyl sites for hydroxylation is 1. The van der Waals surface area contributed by atoms with Crippen LogP contribution < -0.4 is 4.57 Å². The third kappa shape index (κ3) is 2.06. The van der Waals surface area contributed by atoms with Crippen LogP contribution in [-0.2, 0) is 6.54 Å². The lowest BCUT2D eigenvalue weighted by Gasteiger charge is -1.90. The Morgan fingerprint density at radius 1 is 1.47 bits per heavy atom. The molecule has 0 N–H and O–H groups in total. The number of allylic oxidation sites excluding steroid dienone is 1. The van der Waals surface area contributed by atoms with E-state index in [9.17, 15) is 0 Å². The highest BCUT2D eigenvalue weighted by molar-refractivity contribution is 7.18. The molecule has 2 rings (SSSR count). The molecule has 15 heavy (non-hydrogen) atoms. The van der Waals surface area contributed by atoms with Gasteiger partial charge in [-0.05, 0) is 19.9 Å². The van der Waals surface area contributed by atoms with Gasteiger partial charge in [0.25, 0.3) is 5.01 Å². The van der Waals surface area contributed by atoms with Crippen molar-refractivity contribution in [3.8, 4) is 0 Å². The number of hydrogen-bond acceptors (Lipinski definition) is 1. The highest BCUT2D eigenvalue weighted by atomic mass is 35.5. The molecule has 0 saturated heterocycles. The molecule has 0 fully saturated rings. The summed E-state index contributed by atoms with van der Waals surface area (Å²) in [7, 11) is 0. The van der Waals surface area contributed by atoms with Crippen molar-refractivity contribution in [3.05, 3.63) is 34.3 Å². The van der Waals surface area contributed by atoms with Crippen molar-refractivity contribution in [3.63, 3.8) is 0 Å². The third-order valence-electron chi connectivity index (χ3n) is 2.28. The number of thiazole rings is 1. The molecule has 0 saturated carbocycles. The van der Waals surface area contributed by atoms with Gasteiger partial charge in [0.15, 0.2) is 0 Å². The van der Waals surface area contributed by atoms with Gasteiger partial charge in [-0.2, -0.15) is 4.57 Å². The molecule has 1 aromatic carbocycles. The lowest BCUT2D eigenvalue weighted by atomic mass is 10.3. The lowest BCUT2D eigenvalue weighted by Crippen LogP contribution is -2.33. The van der Waals surface area contributed by atoms with Crippen LogP contribution in [0.3, 0.4) is 0 Å².